The zero-order valence-electron chi connectivity index (χ0n) is 13.9. The van der Waals surface area contributed by atoms with Crippen LogP contribution in [0.15, 0.2) is 30.3 Å². The molecule has 2 amide bonds. The van der Waals surface area contributed by atoms with E-state index in [4.69, 9.17) is 11.5 Å². The van der Waals surface area contributed by atoms with Gasteiger partial charge in [0, 0.05) is 38.1 Å². The zero-order chi connectivity index (χ0) is 17.1. The van der Waals surface area contributed by atoms with Gasteiger partial charge in [0.15, 0.2) is 0 Å². The fourth-order valence-electron chi connectivity index (χ4n) is 3.82. The Morgan fingerprint density at radius 3 is 2.58 bits per heavy atom. The number of amides is 2. The van der Waals surface area contributed by atoms with E-state index in [0.717, 1.165) is 25.9 Å². The van der Waals surface area contributed by atoms with Crippen LogP contribution in [0.2, 0.25) is 0 Å². The van der Waals surface area contributed by atoms with E-state index in [1.807, 2.05) is 18.2 Å². The molecule has 0 aliphatic carbocycles. The topological polar surface area (TPSA) is 92.7 Å². The third-order valence-electron chi connectivity index (χ3n) is 5.20. The molecule has 2 saturated heterocycles. The highest BCUT2D eigenvalue weighted by atomic mass is 16.2. The molecule has 3 atom stereocenters. The molecule has 6 heteroatoms. The van der Waals surface area contributed by atoms with Crippen molar-refractivity contribution in [2.75, 3.05) is 32.7 Å². The first-order valence-corrected chi connectivity index (χ1v) is 8.64. The summed E-state index contributed by atoms with van der Waals surface area (Å²) in [5.74, 6) is -0.180. The van der Waals surface area contributed by atoms with Crippen molar-refractivity contribution >= 4 is 11.8 Å². The molecule has 2 aliphatic rings. The Labute approximate surface area is 142 Å². The fraction of sp³-hybridized carbons (Fsp3) is 0.556. The van der Waals surface area contributed by atoms with Crippen molar-refractivity contribution in [3.8, 4) is 0 Å². The van der Waals surface area contributed by atoms with E-state index in [1.165, 1.54) is 5.56 Å². The Hall–Kier alpha value is -1.92. The maximum Gasteiger partial charge on any atom is 0.236 e. The third-order valence-corrected chi connectivity index (χ3v) is 5.20. The molecule has 2 heterocycles. The van der Waals surface area contributed by atoms with Crippen molar-refractivity contribution in [1.29, 1.82) is 0 Å². The lowest BCUT2D eigenvalue weighted by molar-refractivity contribution is -0.135. The number of carbonyl (C=O) groups is 2. The van der Waals surface area contributed by atoms with Crippen LogP contribution in [0, 0.1) is 5.92 Å². The number of carbonyl (C=O) groups excluding carboxylic acids is 2. The Balaban J connectivity index is 1.56. The van der Waals surface area contributed by atoms with Crippen LogP contribution in [0.1, 0.15) is 24.3 Å². The average Bonchev–Trinajstić information content (AvgIpc) is 2.96. The maximum atomic E-state index is 12.6. The van der Waals surface area contributed by atoms with Gasteiger partial charge in [-0.15, -0.1) is 0 Å². The van der Waals surface area contributed by atoms with Crippen molar-refractivity contribution in [3.05, 3.63) is 35.9 Å². The monoisotopic (exact) mass is 330 g/mol. The normalized spacial score (nSPS) is 28.0. The van der Waals surface area contributed by atoms with Crippen LogP contribution in [0.5, 0.6) is 0 Å². The molecule has 4 N–H and O–H groups in total. The number of piperidine rings is 1. The van der Waals surface area contributed by atoms with Crippen molar-refractivity contribution in [1.82, 2.24) is 9.80 Å². The maximum absolute atomic E-state index is 12.6. The predicted molar refractivity (Wildman–Crippen MR) is 92.1 cm³/mol. The smallest absolute Gasteiger partial charge is 0.236 e. The number of nitrogens with two attached hydrogens (primary N) is 2. The molecule has 0 bridgehead atoms. The molecule has 1 aromatic rings. The molecule has 2 aliphatic heterocycles. The highest BCUT2D eigenvalue weighted by Gasteiger charge is 2.34. The first kappa shape index (κ1) is 16.9. The van der Waals surface area contributed by atoms with Crippen molar-refractivity contribution in [3.63, 3.8) is 0 Å². The van der Waals surface area contributed by atoms with E-state index in [1.54, 1.807) is 4.90 Å². The lowest BCUT2D eigenvalue weighted by Gasteiger charge is -2.32. The first-order valence-electron chi connectivity index (χ1n) is 8.64. The second kappa shape index (κ2) is 7.32. The Morgan fingerprint density at radius 2 is 1.88 bits per heavy atom. The molecule has 0 radical (unpaired) electrons. The lowest BCUT2D eigenvalue weighted by atomic mass is 9.95. The van der Waals surface area contributed by atoms with Gasteiger partial charge >= 0.3 is 0 Å². The lowest BCUT2D eigenvalue weighted by Crippen LogP contribution is -2.47. The van der Waals surface area contributed by atoms with Gasteiger partial charge in [-0.25, -0.2) is 0 Å². The van der Waals surface area contributed by atoms with E-state index < -0.39 is 0 Å². The van der Waals surface area contributed by atoms with Crippen molar-refractivity contribution in [2.24, 2.45) is 17.4 Å². The molecule has 3 rings (SSSR count). The van der Waals surface area contributed by atoms with Crippen LogP contribution < -0.4 is 11.5 Å². The molecule has 2 fully saturated rings. The number of hydrogen-bond acceptors (Lipinski definition) is 4. The molecule has 0 spiro atoms. The van der Waals surface area contributed by atoms with Gasteiger partial charge in [0.2, 0.25) is 11.8 Å². The fourth-order valence-corrected chi connectivity index (χ4v) is 3.82. The van der Waals surface area contributed by atoms with Gasteiger partial charge in [-0.2, -0.15) is 0 Å². The first-order chi connectivity index (χ1) is 11.5. The van der Waals surface area contributed by atoms with Crippen LogP contribution in [0.4, 0.5) is 0 Å². The number of likely N-dealkylation sites (tertiary alicyclic amines) is 2. The second-order valence-corrected chi connectivity index (χ2v) is 6.96. The van der Waals surface area contributed by atoms with Gasteiger partial charge in [0.25, 0.3) is 0 Å². The molecule has 1 unspecified atom stereocenters. The van der Waals surface area contributed by atoms with E-state index >= 15 is 0 Å². The zero-order valence-corrected chi connectivity index (χ0v) is 13.9. The number of nitrogens with zero attached hydrogens (tertiary/aromatic N) is 2. The molecule has 0 aromatic heterocycles. The SMILES string of the molecule is NC(=O)C1CCCN(C(=O)CN2C[C@@H](N)[C@H](c3ccccc3)C2)C1. The van der Waals surface area contributed by atoms with Crippen LogP contribution in [0.25, 0.3) is 0 Å². The van der Waals surface area contributed by atoms with Gasteiger partial charge < -0.3 is 16.4 Å². The molecular weight excluding hydrogens is 304 g/mol. The van der Waals surface area contributed by atoms with Gasteiger partial charge in [-0.05, 0) is 18.4 Å². The van der Waals surface area contributed by atoms with Crippen LogP contribution in [-0.4, -0.2) is 60.4 Å². The number of benzene rings is 1. The van der Waals surface area contributed by atoms with E-state index in [-0.39, 0.29) is 29.7 Å². The van der Waals surface area contributed by atoms with Gasteiger partial charge in [-0.1, -0.05) is 30.3 Å². The molecular formula is C18H26N4O2. The van der Waals surface area contributed by atoms with Crippen molar-refractivity contribution < 1.29 is 9.59 Å². The number of rotatable bonds is 4. The van der Waals surface area contributed by atoms with Crippen LogP contribution in [-0.2, 0) is 9.59 Å². The van der Waals surface area contributed by atoms with Crippen molar-refractivity contribution in [2.45, 2.75) is 24.8 Å². The van der Waals surface area contributed by atoms with Crippen LogP contribution in [0.3, 0.4) is 0 Å². The minimum Gasteiger partial charge on any atom is -0.369 e. The largest absolute Gasteiger partial charge is 0.369 e. The summed E-state index contributed by atoms with van der Waals surface area (Å²) in [7, 11) is 0. The summed E-state index contributed by atoms with van der Waals surface area (Å²) in [6.45, 7) is 3.05. The van der Waals surface area contributed by atoms with Gasteiger partial charge in [0.1, 0.15) is 0 Å². The highest BCUT2D eigenvalue weighted by Crippen LogP contribution is 2.26. The van der Waals surface area contributed by atoms with Crippen LogP contribution >= 0.6 is 0 Å². The highest BCUT2D eigenvalue weighted by molar-refractivity contribution is 5.81. The summed E-state index contributed by atoms with van der Waals surface area (Å²) >= 11 is 0. The number of primary amides is 1. The summed E-state index contributed by atoms with van der Waals surface area (Å²) in [4.78, 5) is 27.8. The summed E-state index contributed by atoms with van der Waals surface area (Å²) in [6, 6.07) is 10.3. The van der Waals surface area contributed by atoms with E-state index in [0.29, 0.717) is 19.6 Å². The Bertz CT molecular complexity index is 592. The third kappa shape index (κ3) is 3.76. The second-order valence-electron chi connectivity index (χ2n) is 6.96. The summed E-state index contributed by atoms with van der Waals surface area (Å²) in [5.41, 5.74) is 12.9. The standard InChI is InChI=1S/C18H26N4O2/c19-16-11-21(10-15(16)13-5-2-1-3-6-13)12-17(23)22-8-4-7-14(9-22)18(20)24/h1-3,5-6,14-16H,4,7-12,19H2,(H2,20,24)/t14?,15-,16+/m0/s1. The van der Waals surface area contributed by atoms with Gasteiger partial charge in [-0.3, -0.25) is 14.5 Å². The molecule has 130 valence electrons. The summed E-state index contributed by atoms with van der Waals surface area (Å²) < 4.78 is 0. The molecule has 1 aromatic carbocycles. The Morgan fingerprint density at radius 1 is 1.12 bits per heavy atom. The summed E-state index contributed by atoms with van der Waals surface area (Å²) in [6.07, 6.45) is 1.62. The summed E-state index contributed by atoms with van der Waals surface area (Å²) in [5, 5.41) is 0. The molecule has 6 nitrogen and oxygen atoms in total. The van der Waals surface area contributed by atoms with E-state index in [9.17, 15) is 9.59 Å². The minimum atomic E-state index is -0.306. The molecule has 0 saturated carbocycles. The minimum absolute atomic E-state index is 0.0416. The quantitative estimate of drug-likeness (QED) is 0.821. The predicted octanol–water partition coefficient (Wildman–Crippen LogP) is 0.137. The van der Waals surface area contributed by atoms with Gasteiger partial charge in [0.05, 0.1) is 12.5 Å². The van der Waals surface area contributed by atoms with E-state index in [2.05, 4.69) is 17.0 Å². The average molecular weight is 330 g/mol. The number of hydrogen-bond donors (Lipinski definition) is 2. The Kier molecular flexibility index (Phi) is 5.16. The molecule has 24 heavy (non-hydrogen) atoms.